The Labute approximate surface area is 240 Å². The first kappa shape index (κ1) is 31.4. The van der Waals surface area contributed by atoms with Crippen LogP contribution < -0.4 is 4.74 Å². The molecule has 1 heterocycles. The maximum absolute atomic E-state index is 14.9. The Balaban J connectivity index is 1.44. The predicted molar refractivity (Wildman–Crippen MR) is 162 cm³/mol. The molecule has 4 nitrogen and oxygen atoms in total. The average molecular weight is 547 g/mol. The van der Waals surface area contributed by atoms with E-state index in [4.69, 9.17) is 4.74 Å². The van der Waals surface area contributed by atoms with Gasteiger partial charge in [0.25, 0.3) is 0 Å². The third-order valence-electron chi connectivity index (χ3n) is 7.42. The van der Waals surface area contributed by atoms with Gasteiger partial charge in [-0.2, -0.15) is 0 Å². The minimum atomic E-state index is -0.518. The predicted octanol–water partition coefficient (Wildman–Crippen LogP) is 10.1. The molecule has 0 atom stereocenters. The lowest BCUT2D eigenvalue weighted by atomic mass is 10.0. The lowest BCUT2D eigenvalue weighted by molar-refractivity contribution is 0.0734. The molecule has 3 aromatic rings. The van der Waals surface area contributed by atoms with Crippen LogP contribution in [0.5, 0.6) is 5.75 Å². The molecule has 0 bridgehead atoms. The fourth-order valence-corrected chi connectivity index (χ4v) is 4.91. The van der Waals surface area contributed by atoms with Crippen molar-refractivity contribution in [1.29, 1.82) is 0 Å². The van der Waals surface area contributed by atoms with E-state index in [1.807, 2.05) is 12.1 Å². The van der Waals surface area contributed by atoms with Gasteiger partial charge in [0.15, 0.2) is 5.82 Å². The van der Waals surface area contributed by atoms with Gasteiger partial charge in [0.1, 0.15) is 11.6 Å². The zero-order chi connectivity index (χ0) is 28.4. The molecule has 2 aromatic carbocycles. The number of unbranched alkanes of at least 4 members (excludes halogenated alkanes) is 12. The molecule has 0 aliphatic heterocycles. The Morgan fingerprint density at radius 1 is 0.675 bits per heavy atom. The number of nitrogens with zero attached hydrogens (tertiary/aromatic N) is 2. The number of rotatable bonds is 19. The van der Waals surface area contributed by atoms with Crippen LogP contribution in [-0.4, -0.2) is 15.9 Å². The summed E-state index contributed by atoms with van der Waals surface area (Å²) in [5.41, 5.74) is 3.02. The second-order valence-electron chi connectivity index (χ2n) is 10.9. The van der Waals surface area contributed by atoms with Gasteiger partial charge in [0.2, 0.25) is 0 Å². The lowest BCUT2D eigenvalue weighted by Gasteiger charge is -2.08. The van der Waals surface area contributed by atoms with Crippen LogP contribution in [-0.2, 0) is 12.8 Å². The van der Waals surface area contributed by atoms with Crippen molar-refractivity contribution in [3.05, 3.63) is 77.4 Å². The van der Waals surface area contributed by atoms with Crippen LogP contribution in [0.4, 0.5) is 4.39 Å². The highest BCUT2D eigenvalue weighted by Crippen LogP contribution is 2.25. The monoisotopic (exact) mass is 546 g/mol. The normalized spacial score (nSPS) is 11.1. The molecular formula is C35H47FN2O2. The third-order valence-corrected chi connectivity index (χ3v) is 7.42. The van der Waals surface area contributed by atoms with Gasteiger partial charge in [-0.25, -0.2) is 19.2 Å². The van der Waals surface area contributed by atoms with Crippen LogP contribution in [0.15, 0.2) is 54.9 Å². The maximum atomic E-state index is 14.9. The Kier molecular flexibility index (Phi) is 14.4. The summed E-state index contributed by atoms with van der Waals surface area (Å²) in [6.45, 7) is 4.47. The number of aromatic nitrogens is 2. The van der Waals surface area contributed by atoms with E-state index in [1.165, 1.54) is 88.7 Å². The van der Waals surface area contributed by atoms with Crippen LogP contribution >= 0.6 is 0 Å². The summed E-state index contributed by atoms with van der Waals surface area (Å²) < 4.78 is 20.3. The van der Waals surface area contributed by atoms with Gasteiger partial charge in [0.05, 0.1) is 11.1 Å². The number of ether oxygens (including phenoxy) is 1. The molecule has 0 fully saturated rings. The summed E-state index contributed by atoms with van der Waals surface area (Å²) in [5, 5.41) is 0. The molecule has 40 heavy (non-hydrogen) atoms. The highest BCUT2D eigenvalue weighted by atomic mass is 19.1. The zero-order valence-corrected chi connectivity index (χ0v) is 24.6. The topological polar surface area (TPSA) is 52.1 Å². The fourth-order valence-electron chi connectivity index (χ4n) is 4.91. The van der Waals surface area contributed by atoms with E-state index in [0.717, 1.165) is 31.2 Å². The summed E-state index contributed by atoms with van der Waals surface area (Å²) in [6, 6.07) is 11.9. The van der Waals surface area contributed by atoms with Gasteiger partial charge in [0, 0.05) is 18.5 Å². The Bertz CT molecular complexity index is 1130. The maximum Gasteiger partial charge on any atom is 0.343 e. The number of carbonyl (C=O) groups is 1. The van der Waals surface area contributed by atoms with E-state index in [-0.39, 0.29) is 11.3 Å². The summed E-state index contributed by atoms with van der Waals surface area (Å²) in [6.07, 6.45) is 23.3. The molecule has 0 radical (unpaired) electrons. The van der Waals surface area contributed by atoms with E-state index < -0.39 is 11.8 Å². The van der Waals surface area contributed by atoms with Crippen molar-refractivity contribution in [2.24, 2.45) is 0 Å². The minimum Gasteiger partial charge on any atom is -0.423 e. The van der Waals surface area contributed by atoms with Crippen molar-refractivity contribution in [3.8, 4) is 17.1 Å². The van der Waals surface area contributed by atoms with Crippen molar-refractivity contribution in [2.75, 3.05) is 0 Å². The Morgan fingerprint density at radius 3 is 1.75 bits per heavy atom. The summed E-state index contributed by atoms with van der Waals surface area (Å²) in [4.78, 5) is 21.4. The van der Waals surface area contributed by atoms with Gasteiger partial charge < -0.3 is 4.74 Å². The van der Waals surface area contributed by atoms with Gasteiger partial charge in [-0.3, -0.25) is 0 Å². The molecule has 0 N–H and O–H groups in total. The second kappa shape index (κ2) is 18.3. The molecule has 0 aliphatic rings. The van der Waals surface area contributed by atoms with E-state index >= 15 is 0 Å². The van der Waals surface area contributed by atoms with Crippen molar-refractivity contribution in [2.45, 2.75) is 117 Å². The molecule has 0 aliphatic carbocycles. The molecule has 0 amide bonds. The standard InChI is InChI=1S/C35H47FN2O2/c1-3-5-7-9-11-13-15-17-28-19-21-30(22-20-28)35(39)40-31-23-24-32(33(36)25-31)34-37-26-29(27-38-34)18-16-14-12-10-8-6-4-2/h19-27H,3-18H2,1-2H3. The quantitative estimate of drug-likeness (QED) is 0.0852. The second-order valence-corrected chi connectivity index (χ2v) is 10.9. The van der Waals surface area contributed by atoms with Crippen molar-refractivity contribution >= 4 is 5.97 Å². The Morgan fingerprint density at radius 2 is 1.20 bits per heavy atom. The van der Waals surface area contributed by atoms with Gasteiger partial charge in [-0.05, 0) is 61.1 Å². The first-order chi connectivity index (χ1) is 19.6. The SMILES string of the molecule is CCCCCCCCCc1ccc(C(=O)Oc2ccc(-c3ncc(CCCCCCCCC)cn3)c(F)c2)cc1. The molecule has 0 saturated heterocycles. The van der Waals surface area contributed by atoms with Crippen LogP contribution in [0.1, 0.15) is 125 Å². The van der Waals surface area contributed by atoms with E-state index in [0.29, 0.717) is 11.4 Å². The average Bonchev–Trinajstić information content (AvgIpc) is 2.97. The summed E-state index contributed by atoms with van der Waals surface area (Å²) in [5.74, 6) is -0.528. The molecule has 0 unspecified atom stereocenters. The molecule has 0 saturated carbocycles. The summed E-state index contributed by atoms with van der Waals surface area (Å²) >= 11 is 0. The van der Waals surface area contributed by atoms with Crippen molar-refractivity contribution < 1.29 is 13.9 Å². The number of esters is 1. The van der Waals surface area contributed by atoms with Crippen LogP contribution in [0.2, 0.25) is 0 Å². The number of halogens is 1. The van der Waals surface area contributed by atoms with Crippen LogP contribution in [0, 0.1) is 5.82 Å². The van der Waals surface area contributed by atoms with Crippen molar-refractivity contribution in [3.63, 3.8) is 0 Å². The molecule has 216 valence electrons. The zero-order valence-electron chi connectivity index (χ0n) is 24.6. The van der Waals surface area contributed by atoms with Crippen LogP contribution in [0.25, 0.3) is 11.4 Å². The summed E-state index contributed by atoms with van der Waals surface area (Å²) in [7, 11) is 0. The lowest BCUT2D eigenvalue weighted by Crippen LogP contribution is -2.09. The molecule has 0 spiro atoms. The highest BCUT2D eigenvalue weighted by Gasteiger charge is 2.13. The number of carbonyl (C=O) groups excluding carboxylic acids is 1. The van der Waals surface area contributed by atoms with Gasteiger partial charge >= 0.3 is 5.97 Å². The molecule has 3 rings (SSSR count). The molecule has 1 aromatic heterocycles. The first-order valence-electron chi connectivity index (χ1n) is 15.5. The highest BCUT2D eigenvalue weighted by molar-refractivity contribution is 5.91. The number of aryl methyl sites for hydroxylation is 2. The number of hydrogen-bond donors (Lipinski definition) is 0. The van der Waals surface area contributed by atoms with Crippen LogP contribution in [0.3, 0.4) is 0 Å². The fraction of sp³-hybridized carbons (Fsp3) is 0.514. The molecular weight excluding hydrogens is 499 g/mol. The molecule has 5 heteroatoms. The largest absolute Gasteiger partial charge is 0.423 e. The first-order valence-corrected chi connectivity index (χ1v) is 15.5. The Hall–Kier alpha value is -3.08. The smallest absolute Gasteiger partial charge is 0.343 e. The van der Waals surface area contributed by atoms with E-state index in [2.05, 4.69) is 23.8 Å². The third kappa shape index (κ3) is 11.2. The van der Waals surface area contributed by atoms with Gasteiger partial charge in [-0.1, -0.05) is 103 Å². The number of hydrogen-bond acceptors (Lipinski definition) is 4. The van der Waals surface area contributed by atoms with Gasteiger partial charge in [-0.15, -0.1) is 0 Å². The number of benzene rings is 2. The van der Waals surface area contributed by atoms with Crippen molar-refractivity contribution in [1.82, 2.24) is 9.97 Å². The van der Waals surface area contributed by atoms with E-state index in [1.54, 1.807) is 36.7 Å². The minimum absolute atomic E-state index is 0.161. The van der Waals surface area contributed by atoms with E-state index in [9.17, 15) is 9.18 Å².